The van der Waals surface area contributed by atoms with Crippen molar-refractivity contribution in [3.8, 4) is 5.75 Å². The summed E-state index contributed by atoms with van der Waals surface area (Å²) in [5, 5.41) is 0. The summed E-state index contributed by atoms with van der Waals surface area (Å²) < 4.78 is 35.5. The van der Waals surface area contributed by atoms with Gasteiger partial charge in [-0.2, -0.15) is 8.78 Å². The molecule has 0 aliphatic heterocycles. The lowest BCUT2D eigenvalue weighted by Gasteiger charge is -2.14. The summed E-state index contributed by atoms with van der Waals surface area (Å²) in [6, 6.07) is 5.12. The Morgan fingerprint density at radius 2 is 2.00 bits per heavy atom. The summed E-state index contributed by atoms with van der Waals surface area (Å²) >= 11 is 0. The maximum absolute atomic E-state index is 13.3. The van der Waals surface area contributed by atoms with Gasteiger partial charge in [0, 0.05) is 5.56 Å². The Bertz CT molecular complexity index is 363. The number of ether oxygens (including phenoxy) is 2. The third-order valence-corrected chi connectivity index (χ3v) is 1.87. The molecule has 0 saturated carbocycles. The van der Waals surface area contributed by atoms with Gasteiger partial charge in [0.05, 0.1) is 14.2 Å². The minimum atomic E-state index is -3.65. The molecule has 0 aliphatic carbocycles. The molecule has 0 amide bonds. The second-order valence-electron chi connectivity index (χ2n) is 2.80. The second-order valence-corrected chi connectivity index (χ2v) is 2.80. The first-order chi connectivity index (χ1) is 7.02. The molecule has 0 aliphatic rings. The number of rotatable bonds is 3. The van der Waals surface area contributed by atoms with Crippen LogP contribution in [0, 0.1) is 0 Å². The molecular formula is C10H10F2O3. The molecule has 0 spiro atoms. The van der Waals surface area contributed by atoms with Crippen molar-refractivity contribution in [2.45, 2.75) is 5.92 Å². The third kappa shape index (κ3) is 2.23. The lowest BCUT2D eigenvalue weighted by Crippen LogP contribution is -2.27. The average Bonchev–Trinajstić information content (AvgIpc) is 2.27. The van der Waals surface area contributed by atoms with Gasteiger partial charge in [-0.05, 0) is 12.1 Å². The quantitative estimate of drug-likeness (QED) is 0.724. The second kappa shape index (κ2) is 4.25. The maximum atomic E-state index is 13.3. The van der Waals surface area contributed by atoms with Crippen LogP contribution in [0.4, 0.5) is 8.78 Å². The van der Waals surface area contributed by atoms with Gasteiger partial charge in [-0.25, -0.2) is 4.79 Å². The van der Waals surface area contributed by atoms with E-state index in [2.05, 4.69) is 4.74 Å². The Labute approximate surface area is 85.6 Å². The van der Waals surface area contributed by atoms with Gasteiger partial charge >= 0.3 is 11.9 Å². The maximum Gasteiger partial charge on any atom is 0.381 e. The van der Waals surface area contributed by atoms with E-state index in [1.165, 1.54) is 19.2 Å². The Kier molecular flexibility index (Phi) is 3.24. The fourth-order valence-electron chi connectivity index (χ4n) is 1.06. The van der Waals surface area contributed by atoms with Crippen LogP contribution in [0.3, 0.4) is 0 Å². The number of hydrogen-bond acceptors (Lipinski definition) is 3. The van der Waals surface area contributed by atoms with E-state index in [4.69, 9.17) is 4.74 Å². The largest absolute Gasteiger partial charge is 0.497 e. The van der Waals surface area contributed by atoms with Crippen LogP contribution in [0.1, 0.15) is 5.56 Å². The summed E-state index contributed by atoms with van der Waals surface area (Å²) in [6.45, 7) is 0. The van der Waals surface area contributed by atoms with Crippen LogP contribution in [0.25, 0.3) is 0 Å². The number of esters is 1. The molecular weight excluding hydrogens is 206 g/mol. The standard InChI is InChI=1S/C10H10F2O3/c1-14-8-5-3-4-7(6-8)10(11,12)9(13)15-2/h3-6H,1-2H3. The Hall–Kier alpha value is -1.65. The lowest BCUT2D eigenvalue weighted by molar-refractivity contribution is -0.170. The van der Waals surface area contributed by atoms with Crippen LogP contribution in [-0.4, -0.2) is 20.2 Å². The SMILES string of the molecule is COC(=O)C(F)(F)c1cccc(OC)c1. The number of alkyl halides is 2. The molecule has 1 rings (SSSR count). The van der Waals surface area contributed by atoms with E-state index in [1.807, 2.05) is 0 Å². The highest BCUT2D eigenvalue weighted by atomic mass is 19.3. The summed E-state index contributed by atoms with van der Waals surface area (Å²) in [5.41, 5.74) is -0.450. The van der Waals surface area contributed by atoms with Crippen LogP contribution in [0.15, 0.2) is 24.3 Å². The average molecular weight is 216 g/mol. The molecule has 3 nitrogen and oxygen atoms in total. The molecule has 1 aromatic rings. The van der Waals surface area contributed by atoms with Crippen LogP contribution < -0.4 is 4.74 Å². The number of hydrogen-bond donors (Lipinski definition) is 0. The van der Waals surface area contributed by atoms with Gasteiger partial charge in [0.15, 0.2) is 0 Å². The van der Waals surface area contributed by atoms with Crippen molar-refractivity contribution in [3.05, 3.63) is 29.8 Å². The Morgan fingerprint density at radius 3 is 2.53 bits per heavy atom. The molecule has 15 heavy (non-hydrogen) atoms. The first-order valence-corrected chi connectivity index (χ1v) is 4.13. The van der Waals surface area contributed by atoms with E-state index >= 15 is 0 Å². The molecule has 0 bridgehead atoms. The Balaban J connectivity index is 3.09. The molecule has 1 aromatic carbocycles. The highest BCUT2D eigenvalue weighted by Gasteiger charge is 2.42. The Morgan fingerprint density at radius 1 is 1.33 bits per heavy atom. The summed E-state index contributed by atoms with van der Waals surface area (Å²) in [6.07, 6.45) is 0. The highest BCUT2D eigenvalue weighted by molar-refractivity contribution is 5.79. The van der Waals surface area contributed by atoms with Crippen molar-refractivity contribution >= 4 is 5.97 Å². The number of methoxy groups -OCH3 is 2. The van der Waals surface area contributed by atoms with Crippen LogP contribution in [0.2, 0.25) is 0 Å². The molecule has 82 valence electrons. The molecule has 0 atom stereocenters. The zero-order valence-corrected chi connectivity index (χ0v) is 8.29. The normalized spacial score (nSPS) is 10.9. The molecule has 0 N–H and O–H groups in total. The fraction of sp³-hybridized carbons (Fsp3) is 0.300. The summed E-state index contributed by atoms with van der Waals surface area (Å²) in [5.74, 6) is -4.98. The van der Waals surface area contributed by atoms with Crippen molar-refractivity contribution in [2.24, 2.45) is 0 Å². The number of carbonyl (C=O) groups is 1. The van der Waals surface area contributed by atoms with Gasteiger partial charge in [-0.1, -0.05) is 12.1 Å². The highest BCUT2D eigenvalue weighted by Crippen LogP contribution is 2.31. The predicted octanol–water partition coefficient (Wildman–Crippen LogP) is 1.96. The molecule has 0 saturated heterocycles. The molecule has 0 radical (unpaired) electrons. The number of benzene rings is 1. The van der Waals surface area contributed by atoms with Crippen LogP contribution in [0.5, 0.6) is 5.75 Å². The zero-order valence-electron chi connectivity index (χ0n) is 8.29. The van der Waals surface area contributed by atoms with Crippen molar-refractivity contribution in [1.29, 1.82) is 0 Å². The van der Waals surface area contributed by atoms with Gasteiger partial charge in [0.1, 0.15) is 5.75 Å². The predicted molar refractivity (Wildman–Crippen MR) is 48.9 cm³/mol. The van der Waals surface area contributed by atoms with Gasteiger partial charge in [0.25, 0.3) is 0 Å². The zero-order chi connectivity index (χ0) is 11.5. The monoisotopic (exact) mass is 216 g/mol. The molecule has 0 aromatic heterocycles. The van der Waals surface area contributed by atoms with Gasteiger partial charge < -0.3 is 9.47 Å². The lowest BCUT2D eigenvalue weighted by atomic mass is 10.1. The van der Waals surface area contributed by atoms with E-state index in [9.17, 15) is 13.6 Å². The van der Waals surface area contributed by atoms with Crippen LogP contribution >= 0.6 is 0 Å². The molecule has 5 heteroatoms. The van der Waals surface area contributed by atoms with E-state index in [1.54, 1.807) is 0 Å². The number of halogens is 2. The van der Waals surface area contributed by atoms with Crippen molar-refractivity contribution in [1.82, 2.24) is 0 Å². The first kappa shape index (κ1) is 11.4. The fourth-order valence-corrected chi connectivity index (χ4v) is 1.06. The number of carbonyl (C=O) groups excluding carboxylic acids is 1. The summed E-state index contributed by atoms with van der Waals surface area (Å²) in [4.78, 5) is 10.8. The van der Waals surface area contributed by atoms with Gasteiger partial charge in [-0.15, -0.1) is 0 Å². The van der Waals surface area contributed by atoms with E-state index in [0.717, 1.165) is 19.2 Å². The molecule has 0 heterocycles. The third-order valence-electron chi connectivity index (χ3n) is 1.87. The smallest absolute Gasteiger partial charge is 0.381 e. The van der Waals surface area contributed by atoms with Crippen molar-refractivity contribution in [2.75, 3.05) is 14.2 Å². The minimum absolute atomic E-state index is 0.260. The van der Waals surface area contributed by atoms with E-state index in [-0.39, 0.29) is 5.75 Å². The van der Waals surface area contributed by atoms with E-state index in [0.29, 0.717) is 0 Å². The van der Waals surface area contributed by atoms with Gasteiger partial charge in [0.2, 0.25) is 0 Å². The van der Waals surface area contributed by atoms with Crippen LogP contribution in [-0.2, 0) is 15.5 Å². The molecule has 0 fully saturated rings. The van der Waals surface area contributed by atoms with E-state index < -0.39 is 17.5 Å². The topological polar surface area (TPSA) is 35.5 Å². The minimum Gasteiger partial charge on any atom is -0.497 e. The summed E-state index contributed by atoms with van der Waals surface area (Å²) in [7, 11) is 2.27. The van der Waals surface area contributed by atoms with Crippen molar-refractivity contribution in [3.63, 3.8) is 0 Å². The van der Waals surface area contributed by atoms with Crippen molar-refractivity contribution < 1.29 is 23.0 Å². The molecule has 0 unspecified atom stereocenters. The van der Waals surface area contributed by atoms with Gasteiger partial charge in [-0.3, -0.25) is 0 Å². The first-order valence-electron chi connectivity index (χ1n) is 4.13.